The van der Waals surface area contributed by atoms with Gasteiger partial charge in [-0.2, -0.15) is 10.2 Å². The summed E-state index contributed by atoms with van der Waals surface area (Å²) in [6, 6.07) is 17.4. The number of anilines is 4. The van der Waals surface area contributed by atoms with Gasteiger partial charge in [-0.05, 0) is 43.3 Å². The van der Waals surface area contributed by atoms with Gasteiger partial charge in [-0.1, -0.05) is 37.3 Å². The Kier molecular flexibility index (Phi) is 14.0. The molecular formula is C50H59N17O8. The number of nitrogens with two attached hydrogens (primary N) is 2. The first-order valence-corrected chi connectivity index (χ1v) is 24.8. The molecule has 9 atom stereocenters. The molecule has 25 heteroatoms. The second kappa shape index (κ2) is 21.0. The second-order valence-electron chi connectivity index (χ2n) is 19.0. The zero-order valence-corrected chi connectivity index (χ0v) is 41.2. The van der Waals surface area contributed by atoms with Gasteiger partial charge in [-0.25, -0.2) is 24.9 Å². The average molecular weight is 1030 g/mol. The minimum absolute atomic E-state index is 0.0312. The predicted octanol–water partition coefficient (Wildman–Crippen LogP) is 1.51. The molecule has 3 aliphatic heterocycles. The number of pyridine rings is 1. The Morgan fingerprint density at radius 2 is 1.35 bits per heavy atom. The van der Waals surface area contributed by atoms with Crippen molar-refractivity contribution in [1.29, 1.82) is 0 Å². The highest BCUT2D eigenvalue weighted by Gasteiger charge is 2.48. The van der Waals surface area contributed by atoms with E-state index in [9.17, 15) is 25.2 Å². The lowest BCUT2D eigenvalue weighted by atomic mass is 10.1. The van der Waals surface area contributed by atoms with Crippen molar-refractivity contribution < 1.29 is 39.4 Å². The molecule has 10 heterocycles. The average Bonchev–Trinajstić information content (AvgIpc) is 4.31. The molecule has 7 aromatic heterocycles. The minimum Gasteiger partial charge on any atom is -0.387 e. The molecule has 1 aromatic carbocycles. The number of aryl methyl sites for hydroxylation is 2. The molecular weight excluding hydrogens is 967 g/mol. The molecule has 3 saturated heterocycles. The summed E-state index contributed by atoms with van der Waals surface area (Å²) >= 11 is 0. The predicted molar refractivity (Wildman–Crippen MR) is 274 cm³/mol. The maximum Gasteiger partial charge on any atom is 0.257 e. The first-order valence-electron chi connectivity index (χ1n) is 24.8. The number of carbonyl (C=O) groups excluding carboxylic acids is 1. The highest BCUT2D eigenvalue weighted by molar-refractivity contribution is 6.01. The number of carbonyl (C=O) groups is 1. The van der Waals surface area contributed by atoms with Gasteiger partial charge < -0.3 is 70.4 Å². The summed E-state index contributed by atoms with van der Waals surface area (Å²) in [4.78, 5) is 39.8. The van der Waals surface area contributed by atoms with Crippen LogP contribution in [-0.4, -0.2) is 168 Å². The van der Waals surface area contributed by atoms with Crippen LogP contribution in [0.4, 0.5) is 23.1 Å². The van der Waals surface area contributed by atoms with E-state index >= 15 is 0 Å². The Balaban J connectivity index is 0.752. The van der Waals surface area contributed by atoms with Crippen molar-refractivity contribution in [2.45, 2.75) is 81.6 Å². The zero-order chi connectivity index (χ0) is 51.9. The van der Waals surface area contributed by atoms with Crippen molar-refractivity contribution in [3.05, 3.63) is 104 Å². The quantitative estimate of drug-likeness (QED) is 0.0473. The molecule has 0 radical (unpaired) electrons. The van der Waals surface area contributed by atoms with Crippen molar-refractivity contribution in [2.24, 2.45) is 0 Å². The van der Waals surface area contributed by atoms with Gasteiger partial charge in [0.25, 0.3) is 5.91 Å². The third kappa shape index (κ3) is 9.76. The fraction of sp³-hybridized carbons (Fsp3) is 0.400. The fourth-order valence-corrected chi connectivity index (χ4v) is 10.1. The molecule has 25 nitrogen and oxygen atoms in total. The number of ether oxygens (including phenoxy) is 3. The summed E-state index contributed by atoms with van der Waals surface area (Å²) in [6.07, 6.45) is 2.01. The number of likely N-dealkylation sites (N-methyl/N-ethyl adjacent to an activating group) is 1. The molecule has 1 amide bonds. The fourth-order valence-electron chi connectivity index (χ4n) is 10.1. The van der Waals surface area contributed by atoms with Crippen LogP contribution in [0.3, 0.4) is 0 Å². The molecule has 8 aromatic rings. The van der Waals surface area contributed by atoms with E-state index in [1.54, 1.807) is 50.9 Å². The van der Waals surface area contributed by atoms with Crippen LogP contribution < -0.4 is 27.0 Å². The molecule has 0 aliphatic carbocycles. The summed E-state index contributed by atoms with van der Waals surface area (Å²) in [6.45, 7) is 6.73. The largest absolute Gasteiger partial charge is 0.387 e. The van der Waals surface area contributed by atoms with Crippen LogP contribution in [0.25, 0.3) is 44.6 Å². The number of hydrogen-bond donors (Lipinski definition) is 8. The van der Waals surface area contributed by atoms with Gasteiger partial charge in [-0.15, -0.1) is 0 Å². The number of amides is 1. The third-order valence-corrected chi connectivity index (χ3v) is 14.2. The molecule has 1 unspecified atom stereocenters. The molecule has 10 N–H and O–H groups in total. The number of aliphatic hydroxyl groups excluding tert-OH is 4. The van der Waals surface area contributed by atoms with Gasteiger partial charge in [0, 0.05) is 68.1 Å². The first-order chi connectivity index (χ1) is 36.4. The topological polar surface area (TPSA) is 318 Å². The Labute approximate surface area is 429 Å². The van der Waals surface area contributed by atoms with E-state index in [4.69, 9.17) is 35.9 Å². The lowest BCUT2D eigenvalue weighted by Crippen LogP contribution is -2.44. The highest BCUT2D eigenvalue weighted by atomic mass is 16.6. The Morgan fingerprint density at radius 1 is 0.747 bits per heavy atom. The number of nitrogens with one attached hydrogen (secondary N) is 2. The summed E-state index contributed by atoms with van der Waals surface area (Å²) < 4.78 is 24.9. The van der Waals surface area contributed by atoms with Gasteiger partial charge in [-0.3, -0.25) is 19.5 Å². The highest BCUT2D eigenvalue weighted by Crippen LogP contribution is 2.40. The number of rotatable bonds is 17. The first kappa shape index (κ1) is 49.7. The van der Waals surface area contributed by atoms with E-state index < -0.39 is 55.0 Å². The van der Waals surface area contributed by atoms with Crippen LogP contribution in [0.5, 0.6) is 0 Å². The second-order valence-corrected chi connectivity index (χ2v) is 19.0. The summed E-state index contributed by atoms with van der Waals surface area (Å²) in [7, 11) is 2.09. The summed E-state index contributed by atoms with van der Waals surface area (Å²) in [5.74, 6) is -0.0447. The smallest absolute Gasteiger partial charge is 0.257 e. The number of fused-ring (bicyclic) bond motifs is 2. The van der Waals surface area contributed by atoms with E-state index in [1.807, 2.05) is 36.5 Å². The van der Waals surface area contributed by atoms with Crippen molar-refractivity contribution in [3.63, 3.8) is 0 Å². The molecule has 392 valence electrons. The van der Waals surface area contributed by atoms with Crippen LogP contribution >= 0.6 is 0 Å². The molecule has 0 bridgehead atoms. The van der Waals surface area contributed by atoms with Crippen LogP contribution in [0.2, 0.25) is 0 Å². The standard InChI is InChI=1S/C50H59N17O8/c1-3-32(28-7-5-4-6-8-28)58-27-73-24-35-39(68)41(70)49(74-35)66-22-30(37-44(51)54-25-56-46(37)66)33-11-13-64(60-33)19-20-65-14-12-34(61-65)31-23-67(47-38(31)45(52)55-26-57-47)50-42(71)40(69)43(75-50)48(72)59-36-10-9-29(21-53-36)63-17-15-62(2)16-18-63/h4-14,21-23,25-26,32,35,39-43,49-50,58,68-71H,3,15-20,24,27H2,1-2H3,(H2,51,54,56)(H2,52,55,57)(H,53,59,72)/t32?,35-,39-,40+,41-,42-,43+,49-,50-/m1/s1. The van der Waals surface area contributed by atoms with Crippen LogP contribution in [0.15, 0.2) is 98.2 Å². The van der Waals surface area contributed by atoms with E-state index in [-0.39, 0.29) is 36.8 Å². The zero-order valence-electron chi connectivity index (χ0n) is 41.2. The van der Waals surface area contributed by atoms with Crippen LogP contribution in [0.1, 0.15) is 37.4 Å². The maximum atomic E-state index is 13.5. The van der Waals surface area contributed by atoms with Crippen LogP contribution in [-0.2, 0) is 32.1 Å². The lowest BCUT2D eigenvalue weighted by molar-refractivity contribution is -0.132. The minimum atomic E-state index is -1.58. The number of benzene rings is 1. The molecule has 11 rings (SSSR count). The Bertz CT molecular complexity index is 3270. The molecule has 75 heavy (non-hydrogen) atoms. The van der Waals surface area contributed by atoms with E-state index in [0.29, 0.717) is 57.7 Å². The van der Waals surface area contributed by atoms with Crippen molar-refractivity contribution in [3.8, 4) is 22.5 Å². The van der Waals surface area contributed by atoms with E-state index in [0.717, 1.165) is 43.9 Å². The lowest BCUT2D eigenvalue weighted by Gasteiger charge is -2.33. The van der Waals surface area contributed by atoms with Crippen molar-refractivity contribution >= 4 is 51.1 Å². The van der Waals surface area contributed by atoms with Gasteiger partial charge in [0.2, 0.25) is 0 Å². The summed E-state index contributed by atoms with van der Waals surface area (Å²) in [5, 5.41) is 61.6. The number of aliphatic hydroxyl groups is 4. The third-order valence-electron chi connectivity index (χ3n) is 14.2. The molecule has 0 spiro atoms. The normalized spacial score (nSPS) is 23.7. The SMILES string of the molecule is CCC(NCOC[C@H]1O[C@@H](n2cc(-c3ccn(CCn4ccc(-c5cn([C@@H]6O[C@H](C(=O)Nc7ccc(N8CCN(C)CC8)cn7)[C@@H](O)[C@H]6O)c6ncnc(N)c56)n4)n3)c3c(N)ncnc32)[C@H](O)[C@@H]1O)c1ccccc1. The Hall–Kier alpha value is -7.46. The number of nitrogen functional groups attached to an aromatic ring is 2. The summed E-state index contributed by atoms with van der Waals surface area (Å²) in [5.41, 5.74) is 17.9. The van der Waals surface area contributed by atoms with E-state index in [2.05, 4.69) is 71.5 Å². The maximum absolute atomic E-state index is 13.5. The van der Waals surface area contributed by atoms with Gasteiger partial charge in [0.1, 0.15) is 71.9 Å². The monoisotopic (exact) mass is 1030 g/mol. The molecule has 3 fully saturated rings. The van der Waals surface area contributed by atoms with Gasteiger partial charge >= 0.3 is 0 Å². The van der Waals surface area contributed by atoms with Crippen molar-refractivity contribution in [2.75, 3.05) is 68.2 Å². The van der Waals surface area contributed by atoms with Gasteiger partial charge in [0.05, 0.1) is 60.5 Å². The van der Waals surface area contributed by atoms with E-state index in [1.165, 1.54) is 17.2 Å². The number of piperazine rings is 1. The van der Waals surface area contributed by atoms with Gasteiger partial charge in [0.15, 0.2) is 18.6 Å². The van der Waals surface area contributed by atoms with Crippen molar-refractivity contribution in [1.82, 2.24) is 63.8 Å². The Morgan fingerprint density at radius 3 is 1.93 bits per heavy atom. The number of hydrogen-bond acceptors (Lipinski definition) is 20. The van der Waals surface area contributed by atoms with Crippen LogP contribution in [0, 0.1) is 0 Å². The number of aromatic nitrogens is 11. The number of nitrogens with zero attached hydrogens (tertiary/aromatic N) is 13. The molecule has 3 aliphatic rings. The molecule has 0 saturated carbocycles.